The molecule has 0 radical (unpaired) electrons. The monoisotopic (exact) mass is 283 g/mol. The van der Waals surface area contributed by atoms with E-state index in [1.807, 2.05) is 17.9 Å². The maximum absolute atomic E-state index is 12.0. The number of carbonyl (C=O) groups excluding carboxylic acids is 1. The van der Waals surface area contributed by atoms with Crippen LogP contribution in [-0.4, -0.2) is 50.6 Å². The normalized spacial score (nSPS) is 16.5. The predicted molar refractivity (Wildman–Crippen MR) is 74.9 cm³/mol. The summed E-state index contributed by atoms with van der Waals surface area (Å²) in [6, 6.07) is 5.43. The van der Waals surface area contributed by atoms with Crippen LogP contribution in [0.25, 0.3) is 0 Å². The van der Waals surface area contributed by atoms with Crippen LogP contribution in [-0.2, 0) is 4.79 Å². The van der Waals surface area contributed by atoms with Crippen molar-refractivity contribution in [2.45, 2.75) is 6.92 Å². The summed E-state index contributed by atoms with van der Waals surface area (Å²) in [4.78, 5) is 15.3. The second-order valence-electron chi connectivity index (χ2n) is 5.04. The van der Waals surface area contributed by atoms with E-state index in [0.717, 1.165) is 31.7 Å². The zero-order chi connectivity index (χ0) is 13.8. The van der Waals surface area contributed by atoms with Crippen LogP contribution in [0.4, 0.5) is 0 Å². The Hall–Kier alpha value is -1.26. The van der Waals surface area contributed by atoms with Crippen molar-refractivity contribution < 1.29 is 14.4 Å². The standard InChI is InChI=1S/C14H19ClN2O2/c1-11-9-12(3-4-13(11)15)19-10-14(18)17-7-5-16(2)6-8-17/h3-4,9H,5-8,10H2,1-2H3/p+1. The molecule has 1 amide bonds. The highest BCUT2D eigenvalue weighted by Gasteiger charge is 2.21. The van der Waals surface area contributed by atoms with Crippen molar-refractivity contribution in [3.05, 3.63) is 28.8 Å². The summed E-state index contributed by atoms with van der Waals surface area (Å²) in [5, 5.41) is 0.709. The van der Waals surface area contributed by atoms with E-state index in [-0.39, 0.29) is 12.5 Å². The van der Waals surface area contributed by atoms with E-state index >= 15 is 0 Å². The average Bonchev–Trinajstić information content (AvgIpc) is 2.40. The van der Waals surface area contributed by atoms with Gasteiger partial charge in [0.05, 0.1) is 33.2 Å². The molecule has 1 aliphatic rings. The SMILES string of the molecule is Cc1cc(OCC(=O)N2CC[NH+](C)CC2)ccc1Cl. The molecule has 2 rings (SSSR count). The van der Waals surface area contributed by atoms with Crippen molar-refractivity contribution in [3.8, 4) is 5.75 Å². The lowest BCUT2D eigenvalue weighted by molar-refractivity contribution is -0.883. The lowest BCUT2D eigenvalue weighted by Gasteiger charge is -2.30. The molecule has 1 fully saturated rings. The van der Waals surface area contributed by atoms with Crippen molar-refractivity contribution in [2.24, 2.45) is 0 Å². The lowest BCUT2D eigenvalue weighted by atomic mass is 10.2. The number of nitrogens with one attached hydrogen (secondary N) is 1. The summed E-state index contributed by atoms with van der Waals surface area (Å²) in [5.41, 5.74) is 0.954. The Kier molecular flexibility index (Phi) is 4.66. The number of hydrogen-bond acceptors (Lipinski definition) is 2. The van der Waals surface area contributed by atoms with Gasteiger partial charge in [-0.25, -0.2) is 0 Å². The molecule has 5 heteroatoms. The molecule has 1 N–H and O–H groups in total. The number of halogens is 1. The molecular formula is C14H20ClN2O2+. The zero-order valence-electron chi connectivity index (χ0n) is 11.4. The average molecular weight is 284 g/mol. The highest BCUT2D eigenvalue weighted by Crippen LogP contribution is 2.20. The Morgan fingerprint density at radius 3 is 2.74 bits per heavy atom. The number of quaternary nitrogens is 1. The fourth-order valence-electron chi connectivity index (χ4n) is 2.08. The van der Waals surface area contributed by atoms with Gasteiger partial charge in [0.25, 0.3) is 5.91 Å². The summed E-state index contributed by atoms with van der Waals surface area (Å²) >= 11 is 5.95. The molecule has 104 valence electrons. The van der Waals surface area contributed by atoms with E-state index in [1.165, 1.54) is 4.90 Å². The first-order valence-electron chi connectivity index (χ1n) is 6.54. The molecule has 1 aromatic rings. The van der Waals surface area contributed by atoms with Gasteiger partial charge < -0.3 is 14.5 Å². The van der Waals surface area contributed by atoms with Gasteiger partial charge >= 0.3 is 0 Å². The first-order valence-corrected chi connectivity index (χ1v) is 6.92. The van der Waals surface area contributed by atoms with E-state index in [1.54, 1.807) is 12.1 Å². The van der Waals surface area contributed by atoms with Crippen LogP contribution < -0.4 is 9.64 Å². The molecule has 1 heterocycles. The number of piperazine rings is 1. The highest BCUT2D eigenvalue weighted by atomic mass is 35.5. The lowest BCUT2D eigenvalue weighted by Crippen LogP contribution is -3.12. The quantitative estimate of drug-likeness (QED) is 0.871. The Bertz CT molecular complexity index is 457. The summed E-state index contributed by atoms with van der Waals surface area (Å²) in [6.45, 7) is 5.65. The number of benzene rings is 1. The fourth-order valence-corrected chi connectivity index (χ4v) is 2.20. The van der Waals surface area contributed by atoms with E-state index in [2.05, 4.69) is 7.05 Å². The second kappa shape index (κ2) is 6.26. The summed E-state index contributed by atoms with van der Waals surface area (Å²) in [6.07, 6.45) is 0. The van der Waals surface area contributed by atoms with Crippen LogP contribution in [0.1, 0.15) is 5.56 Å². The molecule has 0 unspecified atom stereocenters. The smallest absolute Gasteiger partial charge is 0.260 e. The van der Waals surface area contributed by atoms with Crippen LogP contribution in [0.5, 0.6) is 5.75 Å². The number of likely N-dealkylation sites (N-methyl/N-ethyl adjacent to an activating group) is 1. The number of ether oxygens (including phenoxy) is 1. The number of aryl methyl sites for hydroxylation is 1. The first kappa shape index (κ1) is 14.2. The third-order valence-corrected chi connectivity index (χ3v) is 3.89. The van der Waals surface area contributed by atoms with Gasteiger partial charge in [-0.1, -0.05) is 11.6 Å². The van der Waals surface area contributed by atoms with Crippen molar-refractivity contribution in [3.63, 3.8) is 0 Å². The van der Waals surface area contributed by atoms with Gasteiger partial charge in [0, 0.05) is 5.02 Å². The minimum atomic E-state index is 0.0557. The zero-order valence-corrected chi connectivity index (χ0v) is 12.2. The van der Waals surface area contributed by atoms with Crippen molar-refractivity contribution in [1.82, 2.24) is 4.90 Å². The molecule has 0 atom stereocenters. The molecule has 0 saturated carbocycles. The van der Waals surface area contributed by atoms with Gasteiger partial charge in [0.15, 0.2) is 6.61 Å². The minimum Gasteiger partial charge on any atom is -0.484 e. The van der Waals surface area contributed by atoms with Gasteiger partial charge in [0.2, 0.25) is 0 Å². The maximum atomic E-state index is 12.0. The number of carbonyl (C=O) groups is 1. The molecule has 1 aromatic carbocycles. The van der Waals surface area contributed by atoms with Crippen LogP contribution >= 0.6 is 11.6 Å². The van der Waals surface area contributed by atoms with Crippen LogP contribution in [0.15, 0.2) is 18.2 Å². The summed E-state index contributed by atoms with van der Waals surface area (Å²) in [5.74, 6) is 0.745. The van der Waals surface area contributed by atoms with Crippen molar-refractivity contribution in [1.29, 1.82) is 0 Å². The largest absolute Gasteiger partial charge is 0.484 e. The van der Waals surface area contributed by atoms with Gasteiger partial charge in [-0.2, -0.15) is 0 Å². The first-order chi connectivity index (χ1) is 9.06. The van der Waals surface area contributed by atoms with Gasteiger partial charge in [-0.15, -0.1) is 0 Å². The van der Waals surface area contributed by atoms with E-state index in [0.29, 0.717) is 10.8 Å². The second-order valence-corrected chi connectivity index (χ2v) is 5.44. The molecule has 4 nitrogen and oxygen atoms in total. The molecule has 0 spiro atoms. The third kappa shape index (κ3) is 3.85. The fraction of sp³-hybridized carbons (Fsp3) is 0.500. The molecule has 1 saturated heterocycles. The van der Waals surface area contributed by atoms with Crippen LogP contribution in [0.3, 0.4) is 0 Å². The Morgan fingerprint density at radius 2 is 2.11 bits per heavy atom. The molecule has 0 aromatic heterocycles. The van der Waals surface area contributed by atoms with Crippen molar-refractivity contribution >= 4 is 17.5 Å². The topological polar surface area (TPSA) is 34.0 Å². The van der Waals surface area contributed by atoms with Gasteiger partial charge in [-0.05, 0) is 30.7 Å². The number of amides is 1. The summed E-state index contributed by atoms with van der Waals surface area (Å²) < 4.78 is 5.53. The highest BCUT2D eigenvalue weighted by molar-refractivity contribution is 6.31. The Labute approximate surface area is 118 Å². The third-order valence-electron chi connectivity index (χ3n) is 3.46. The number of rotatable bonds is 3. The molecule has 1 aliphatic heterocycles. The van der Waals surface area contributed by atoms with E-state index in [4.69, 9.17) is 16.3 Å². The number of hydrogen-bond donors (Lipinski definition) is 1. The molecule has 19 heavy (non-hydrogen) atoms. The molecular weight excluding hydrogens is 264 g/mol. The van der Waals surface area contributed by atoms with Gasteiger partial charge in [0.1, 0.15) is 5.75 Å². The van der Waals surface area contributed by atoms with E-state index < -0.39 is 0 Å². The van der Waals surface area contributed by atoms with Crippen LogP contribution in [0.2, 0.25) is 5.02 Å². The van der Waals surface area contributed by atoms with Crippen molar-refractivity contribution in [2.75, 3.05) is 39.8 Å². The van der Waals surface area contributed by atoms with Crippen LogP contribution in [0, 0.1) is 6.92 Å². The maximum Gasteiger partial charge on any atom is 0.260 e. The van der Waals surface area contributed by atoms with E-state index in [9.17, 15) is 4.79 Å². The summed E-state index contributed by atoms with van der Waals surface area (Å²) in [7, 11) is 2.15. The molecule has 0 bridgehead atoms. The number of nitrogens with zero attached hydrogens (tertiary/aromatic N) is 1. The minimum absolute atomic E-state index is 0.0557. The molecule has 0 aliphatic carbocycles. The Morgan fingerprint density at radius 1 is 1.42 bits per heavy atom. The van der Waals surface area contributed by atoms with Gasteiger partial charge in [-0.3, -0.25) is 4.79 Å². The Balaban J connectivity index is 1.84. The predicted octanol–water partition coefficient (Wildman–Crippen LogP) is 0.384.